The maximum atomic E-state index is 11.2. The summed E-state index contributed by atoms with van der Waals surface area (Å²) in [5, 5.41) is 20.3. The van der Waals surface area contributed by atoms with Gasteiger partial charge >= 0.3 is 0 Å². The molecule has 1 saturated carbocycles. The number of ether oxygens (including phenoxy) is 1. The Morgan fingerprint density at radius 3 is 2.81 bits per heavy atom. The molecule has 1 aliphatic carbocycles. The molecule has 21 heavy (non-hydrogen) atoms. The van der Waals surface area contributed by atoms with E-state index in [9.17, 15) is 10.1 Å². The zero-order chi connectivity index (χ0) is 15.0. The SMILES string of the molecule is C[C@@H]1CN(c2cc(C#N)ccc2[N+](=O)[O-])C[C@@H](C2CC2)O1. The van der Waals surface area contributed by atoms with Gasteiger partial charge in [-0.2, -0.15) is 5.26 Å². The van der Waals surface area contributed by atoms with Crippen molar-refractivity contribution in [2.24, 2.45) is 5.92 Å². The number of benzene rings is 1. The second-order valence-corrected chi connectivity index (χ2v) is 5.80. The Balaban J connectivity index is 1.93. The van der Waals surface area contributed by atoms with Gasteiger partial charge in [0.15, 0.2) is 0 Å². The van der Waals surface area contributed by atoms with Crippen LogP contribution in [0.15, 0.2) is 18.2 Å². The average molecular weight is 287 g/mol. The van der Waals surface area contributed by atoms with Gasteiger partial charge in [-0.05, 0) is 37.8 Å². The lowest BCUT2D eigenvalue weighted by Crippen LogP contribution is -2.47. The van der Waals surface area contributed by atoms with Crippen molar-refractivity contribution in [3.63, 3.8) is 0 Å². The van der Waals surface area contributed by atoms with E-state index in [-0.39, 0.29) is 22.8 Å². The minimum absolute atomic E-state index is 0.0368. The van der Waals surface area contributed by atoms with E-state index in [1.54, 1.807) is 6.07 Å². The van der Waals surface area contributed by atoms with Gasteiger partial charge in [-0.25, -0.2) is 0 Å². The largest absolute Gasteiger partial charge is 0.371 e. The Kier molecular flexibility index (Phi) is 3.52. The highest BCUT2D eigenvalue weighted by atomic mass is 16.6. The molecule has 6 nitrogen and oxygen atoms in total. The first kappa shape index (κ1) is 13.8. The van der Waals surface area contributed by atoms with Gasteiger partial charge in [0.05, 0.1) is 28.8 Å². The van der Waals surface area contributed by atoms with E-state index in [1.165, 1.54) is 25.0 Å². The van der Waals surface area contributed by atoms with E-state index in [0.29, 0.717) is 30.3 Å². The van der Waals surface area contributed by atoms with Crippen molar-refractivity contribution in [1.82, 2.24) is 0 Å². The molecule has 0 unspecified atom stereocenters. The summed E-state index contributed by atoms with van der Waals surface area (Å²) in [6, 6.07) is 6.57. The molecular formula is C15H17N3O3. The molecule has 1 heterocycles. The van der Waals surface area contributed by atoms with Gasteiger partial charge in [0.25, 0.3) is 5.69 Å². The third-order valence-corrected chi connectivity index (χ3v) is 4.07. The highest BCUT2D eigenvalue weighted by molar-refractivity contribution is 5.66. The Morgan fingerprint density at radius 1 is 1.43 bits per heavy atom. The maximum Gasteiger partial charge on any atom is 0.292 e. The lowest BCUT2D eigenvalue weighted by Gasteiger charge is -2.38. The number of nitrogens with zero attached hydrogens (tertiary/aromatic N) is 3. The lowest BCUT2D eigenvalue weighted by atomic mass is 10.1. The summed E-state index contributed by atoms with van der Waals surface area (Å²) in [5.74, 6) is 0.577. The van der Waals surface area contributed by atoms with E-state index >= 15 is 0 Å². The average Bonchev–Trinajstić information content (AvgIpc) is 3.30. The normalized spacial score (nSPS) is 25.4. The molecule has 0 aromatic heterocycles. The van der Waals surface area contributed by atoms with Crippen molar-refractivity contribution >= 4 is 11.4 Å². The highest BCUT2D eigenvalue weighted by Crippen LogP contribution is 2.39. The number of rotatable bonds is 3. The molecule has 0 N–H and O–H groups in total. The van der Waals surface area contributed by atoms with E-state index in [1.807, 2.05) is 17.9 Å². The number of morpholine rings is 1. The van der Waals surface area contributed by atoms with E-state index < -0.39 is 0 Å². The predicted octanol–water partition coefficient (Wildman–Crippen LogP) is 2.47. The lowest BCUT2D eigenvalue weighted by molar-refractivity contribution is -0.384. The molecule has 1 saturated heterocycles. The first-order valence-electron chi connectivity index (χ1n) is 7.17. The van der Waals surface area contributed by atoms with Crippen molar-refractivity contribution in [3.8, 4) is 6.07 Å². The number of anilines is 1. The fraction of sp³-hybridized carbons (Fsp3) is 0.533. The molecule has 1 aromatic carbocycles. The minimum Gasteiger partial charge on any atom is -0.371 e. The molecule has 0 radical (unpaired) electrons. The molecule has 3 rings (SSSR count). The summed E-state index contributed by atoms with van der Waals surface area (Å²) in [4.78, 5) is 12.8. The first-order chi connectivity index (χ1) is 10.1. The van der Waals surface area contributed by atoms with Gasteiger partial charge in [-0.15, -0.1) is 0 Å². The number of nitro benzene ring substituents is 1. The van der Waals surface area contributed by atoms with Crippen LogP contribution in [0.1, 0.15) is 25.3 Å². The smallest absolute Gasteiger partial charge is 0.292 e. The Bertz CT molecular complexity index is 607. The fourth-order valence-electron chi connectivity index (χ4n) is 2.91. The second kappa shape index (κ2) is 5.34. The molecule has 2 atom stereocenters. The zero-order valence-electron chi connectivity index (χ0n) is 11.9. The van der Waals surface area contributed by atoms with Crippen LogP contribution in [0.3, 0.4) is 0 Å². The molecule has 6 heteroatoms. The monoisotopic (exact) mass is 287 g/mol. The molecule has 0 bridgehead atoms. The molecule has 110 valence electrons. The number of nitriles is 1. The number of hydrogen-bond donors (Lipinski definition) is 0. The van der Waals surface area contributed by atoms with E-state index in [2.05, 4.69) is 0 Å². The van der Waals surface area contributed by atoms with Crippen molar-refractivity contribution in [2.75, 3.05) is 18.0 Å². The van der Waals surface area contributed by atoms with E-state index in [0.717, 1.165) is 0 Å². The molecule has 0 spiro atoms. The van der Waals surface area contributed by atoms with E-state index in [4.69, 9.17) is 10.00 Å². The zero-order valence-corrected chi connectivity index (χ0v) is 11.9. The Labute approximate surface area is 123 Å². The molecule has 2 aliphatic rings. The standard InChI is InChI=1S/C15H17N3O3/c1-10-8-17(9-15(21-10)12-3-4-12)14-6-11(7-16)2-5-13(14)18(19)20/h2,5-6,10,12,15H,3-4,8-9H2,1H3/t10-,15+/m1/s1. The van der Waals surface area contributed by atoms with Gasteiger partial charge in [0, 0.05) is 19.2 Å². The number of hydrogen-bond acceptors (Lipinski definition) is 5. The van der Waals surface area contributed by atoms with Crippen molar-refractivity contribution < 1.29 is 9.66 Å². The summed E-state index contributed by atoms with van der Waals surface area (Å²) < 4.78 is 5.94. The van der Waals surface area contributed by atoms with Crippen LogP contribution in [0, 0.1) is 27.4 Å². The topological polar surface area (TPSA) is 79.4 Å². The molecular weight excluding hydrogens is 270 g/mol. The van der Waals surface area contributed by atoms with Crippen LogP contribution in [0.5, 0.6) is 0 Å². The van der Waals surface area contributed by atoms with Crippen molar-refractivity contribution in [2.45, 2.75) is 32.0 Å². The van der Waals surface area contributed by atoms with Crippen LogP contribution < -0.4 is 4.90 Å². The second-order valence-electron chi connectivity index (χ2n) is 5.80. The van der Waals surface area contributed by atoms with Crippen molar-refractivity contribution in [1.29, 1.82) is 5.26 Å². The summed E-state index contributed by atoms with van der Waals surface area (Å²) in [6.07, 6.45) is 2.52. The maximum absolute atomic E-state index is 11.2. The molecule has 1 aliphatic heterocycles. The summed E-state index contributed by atoms with van der Waals surface area (Å²) >= 11 is 0. The highest BCUT2D eigenvalue weighted by Gasteiger charge is 2.38. The van der Waals surface area contributed by atoms with Crippen molar-refractivity contribution in [3.05, 3.63) is 33.9 Å². The number of nitro groups is 1. The van der Waals surface area contributed by atoms with Crippen LogP contribution in [-0.4, -0.2) is 30.2 Å². The van der Waals surface area contributed by atoms with Gasteiger partial charge < -0.3 is 9.64 Å². The van der Waals surface area contributed by atoms with Crippen LogP contribution in [0.25, 0.3) is 0 Å². The van der Waals surface area contributed by atoms with Gasteiger partial charge in [-0.3, -0.25) is 10.1 Å². The first-order valence-corrected chi connectivity index (χ1v) is 7.17. The van der Waals surface area contributed by atoms with Crippen LogP contribution in [-0.2, 0) is 4.74 Å². The third kappa shape index (κ3) is 2.83. The Hall–Kier alpha value is -2.13. The summed E-state index contributed by atoms with van der Waals surface area (Å²) in [5.41, 5.74) is 1.02. The predicted molar refractivity (Wildman–Crippen MR) is 77.1 cm³/mol. The van der Waals surface area contributed by atoms with Gasteiger partial charge in [-0.1, -0.05) is 0 Å². The molecule has 0 amide bonds. The molecule has 2 fully saturated rings. The van der Waals surface area contributed by atoms with Crippen LogP contribution >= 0.6 is 0 Å². The fourth-order valence-corrected chi connectivity index (χ4v) is 2.91. The molecule has 1 aromatic rings. The van der Waals surface area contributed by atoms with Gasteiger partial charge in [0.1, 0.15) is 5.69 Å². The summed E-state index contributed by atoms with van der Waals surface area (Å²) in [6.45, 7) is 3.26. The quantitative estimate of drug-likeness (QED) is 0.630. The van der Waals surface area contributed by atoms with Gasteiger partial charge in [0.2, 0.25) is 0 Å². The third-order valence-electron chi connectivity index (χ3n) is 4.07. The van der Waals surface area contributed by atoms with Crippen LogP contribution in [0.2, 0.25) is 0 Å². The minimum atomic E-state index is -0.386. The Morgan fingerprint density at radius 2 is 2.19 bits per heavy atom. The van der Waals surface area contributed by atoms with Crippen LogP contribution in [0.4, 0.5) is 11.4 Å². The summed E-state index contributed by atoms with van der Waals surface area (Å²) in [7, 11) is 0.